The Balaban J connectivity index is 1.57. The molecular formula is C20H26N4O2. The van der Waals surface area contributed by atoms with Crippen LogP contribution >= 0.6 is 0 Å². The van der Waals surface area contributed by atoms with Crippen LogP contribution in [0.25, 0.3) is 0 Å². The zero-order valence-corrected chi connectivity index (χ0v) is 15.0. The summed E-state index contributed by atoms with van der Waals surface area (Å²) < 4.78 is 5.39. The molecule has 1 saturated heterocycles. The van der Waals surface area contributed by atoms with Gasteiger partial charge in [-0.15, -0.1) is 0 Å². The minimum atomic E-state index is -0.0741. The molecule has 1 aromatic carbocycles. The van der Waals surface area contributed by atoms with Gasteiger partial charge in [-0.1, -0.05) is 18.2 Å². The van der Waals surface area contributed by atoms with Crippen molar-refractivity contribution >= 4 is 11.7 Å². The van der Waals surface area contributed by atoms with Crippen LogP contribution in [-0.2, 0) is 11.3 Å². The second-order valence-electron chi connectivity index (χ2n) is 6.38. The van der Waals surface area contributed by atoms with E-state index in [-0.39, 0.29) is 6.03 Å². The van der Waals surface area contributed by atoms with Gasteiger partial charge in [-0.2, -0.15) is 0 Å². The third-order valence-electron chi connectivity index (χ3n) is 4.44. The van der Waals surface area contributed by atoms with Crippen molar-refractivity contribution in [2.75, 3.05) is 44.7 Å². The molecule has 3 rings (SSSR count). The van der Waals surface area contributed by atoms with Gasteiger partial charge in [0.2, 0.25) is 0 Å². The fraction of sp³-hybridized carbons (Fsp3) is 0.400. The van der Waals surface area contributed by atoms with Gasteiger partial charge in [0.05, 0.1) is 13.2 Å². The fourth-order valence-corrected chi connectivity index (χ4v) is 2.99. The van der Waals surface area contributed by atoms with Gasteiger partial charge in [0.15, 0.2) is 0 Å². The number of pyridine rings is 1. The molecule has 0 bridgehead atoms. The maximum absolute atomic E-state index is 12.8. The average molecular weight is 354 g/mol. The summed E-state index contributed by atoms with van der Waals surface area (Å²) >= 11 is 0. The van der Waals surface area contributed by atoms with Crippen LogP contribution < -0.4 is 5.32 Å². The molecule has 0 aliphatic carbocycles. The number of amides is 2. The van der Waals surface area contributed by atoms with E-state index >= 15 is 0 Å². The molecule has 0 atom stereocenters. The van der Waals surface area contributed by atoms with E-state index in [1.54, 1.807) is 12.4 Å². The number of hydrogen-bond donors (Lipinski definition) is 1. The lowest BCUT2D eigenvalue weighted by Crippen LogP contribution is -2.40. The zero-order valence-electron chi connectivity index (χ0n) is 15.0. The van der Waals surface area contributed by atoms with E-state index in [1.165, 1.54) is 0 Å². The molecule has 0 saturated carbocycles. The van der Waals surface area contributed by atoms with E-state index in [0.717, 1.165) is 50.5 Å². The molecule has 6 heteroatoms. The Morgan fingerprint density at radius 2 is 1.85 bits per heavy atom. The first-order chi connectivity index (χ1) is 12.8. The summed E-state index contributed by atoms with van der Waals surface area (Å²) in [7, 11) is 0. The minimum Gasteiger partial charge on any atom is -0.379 e. The summed E-state index contributed by atoms with van der Waals surface area (Å²) in [5, 5.41) is 2.99. The summed E-state index contributed by atoms with van der Waals surface area (Å²) in [5.74, 6) is 0. The number of para-hydroxylation sites is 1. The van der Waals surface area contributed by atoms with Gasteiger partial charge in [-0.05, 0) is 36.2 Å². The van der Waals surface area contributed by atoms with E-state index in [1.807, 2.05) is 47.4 Å². The maximum Gasteiger partial charge on any atom is 0.322 e. The lowest BCUT2D eigenvalue weighted by molar-refractivity contribution is 0.0365. The van der Waals surface area contributed by atoms with Gasteiger partial charge < -0.3 is 15.0 Å². The second kappa shape index (κ2) is 9.89. The number of hydrogen-bond acceptors (Lipinski definition) is 4. The van der Waals surface area contributed by atoms with Gasteiger partial charge in [0.1, 0.15) is 0 Å². The van der Waals surface area contributed by atoms with Crippen molar-refractivity contribution in [2.45, 2.75) is 13.0 Å². The van der Waals surface area contributed by atoms with Crippen LogP contribution in [0.4, 0.5) is 10.5 Å². The molecule has 138 valence electrons. The SMILES string of the molecule is O=C(Nc1ccccc1)N(CCCN1CCOCC1)Cc1ccncc1. The summed E-state index contributed by atoms with van der Waals surface area (Å²) in [6.45, 7) is 5.81. The first-order valence-electron chi connectivity index (χ1n) is 9.11. The van der Waals surface area contributed by atoms with Gasteiger partial charge in [-0.25, -0.2) is 4.79 Å². The Morgan fingerprint density at radius 1 is 1.12 bits per heavy atom. The number of aromatic nitrogens is 1. The molecule has 2 amide bonds. The molecule has 1 aliphatic heterocycles. The van der Waals surface area contributed by atoms with Crippen molar-refractivity contribution in [3.8, 4) is 0 Å². The molecule has 1 N–H and O–H groups in total. The van der Waals surface area contributed by atoms with Gasteiger partial charge in [0.25, 0.3) is 0 Å². The number of carbonyl (C=O) groups is 1. The fourth-order valence-electron chi connectivity index (χ4n) is 2.99. The van der Waals surface area contributed by atoms with Crippen molar-refractivity contribution in [3.05, 3.63) is 60.4 Å². The van der Waals surface area contributed by atoms with E-state index in [0.29, 0.717) is 13.1 Å². The topological polar surface area (TPSA) is 57.7 Å². The smallest absolute Gasteiger partial charge is 0.322 e. The number of rotatable bonds is 7. The number of urea groups is 1. The molecule has 0 unspecified atom stereocenters. The molecule has 2 aromatic rings. The standard InChI is InChI=1S/C20H26N4O2/c25-20(22-19-5-2-1-3-6-19)24(17-18-7-9-21-10-8-18)12-4-11-23-13-15-26-16-14-23/h1-3,5-10H,4,11-17H2,(H,22,25). The molecule has 26 heavy (non-hydrogen) atoms. The van der Waals surface area contributed by atoms with Gasteiger partial charge in [0, 0.05) is 50.8 Å². The lowest BCUT2D eigenvalue weighted by atomic mass is 10.2. The van der Waals surface area contributed by atoms with Crippen LogP contribution in [-0.4, -0.2) is 60.2 Å². The number of benzene rings is 1. The molecule has 1 aromatic heterocycles. The van der Waals surface area contributed by atoms with Gasteiger partial charge >= 0.3 is 6.03 Å². The highest BCUT2D eigenvalue weighted by Crippen LogP contribution is 2.10. The number of morpholine rings is 1. The molecule has 0 spiro atoms. The van der Waals surface area contributed by atoms with E-state index in [9.17, 15) is 4.79 Å². The monoisotopic (exact) mass is 354 g/mol. The minimum absolute atomic E-state index is 0.0741. The first kappa shape index (κ1) is 18.4. The molecule has 0 radical (unpaired) electrons. The Kier molecular flexibility index (Phi) is 6.98. The van der Waals surface area contributed by atoms with Crippen molar-refractivity contribution in [1.82, 2.24) is 14.8 Å². The summed E-state index contributed by atoms with van der Waals surface area (Å²) in [4.78, 5) is 21.1. The van der Waals surface area contributed by atoms with Crippen LogP contribution in [0.15, 0.2) is 54.9 Å². The number of nitrogens with zero attached hydrogens (tertiary/aromatic N) is 3. The lowest BCUT2D eigenvalue weighted by Gasteiger charge is -2.28. The van der Waals surface area contributed by atoms with E-state index in [4.69, 9.17) is 4.74 Å². The van der Waals surface area contributed by atoms with Crippen molar-refractivity contribution < 1.29 is 9.53 Å². The number of ether oxygens (including phenoxy) is 1. The Bertz CT molecular complexity index is 660. The highest BCUT2D eigenvalue weighted by molar-refractivity contribution is 5.89. The van der Waals surface area contributed by atoms with Gasteiger partial charge in [-0.3, -0.25) is 9.88 Å². The molecule has 6 nitrogen and oxygen atoms in total. The Labute approximate surface area is 154 Å². The number of carbonyl (C=O) groups excluding carboxylic acids is 1. The normalized spacial score (nSPS) is 14.8. The first-order valence-corrected chi connectivity index (χ1v) is 9.11. The summed E-state index contributed by atoms with van der Waals surface area (Å²) in [5.41, 5.74) is 1.89. The third-order valence-corrected chi connectivity index (χ3v) is 4.44. The Morgan fingerprint density at radius 3 is 2.58 bits per heavy atom. The van der Waals surface area contributed by atoms with Crippen molar-refractivity contribution in [1.29, 1.82) is 0 Å². The predicted molar refractivity (Wildman–Crippen MR) is 102 cm³/mol. The van der Waals surface area contributed by atoms with Crippen LogP contribution in [0.3, 0.4) is 0 Å². The zero-order chi connectivity index (χ0) is 18.0. The van der Waals surface area contributed by atoms with Crippen molar-refractivity contribution in [2.24, 2.45) is 0 Å². The quantitative estimate of drug-likeness (QED) is 0.831. The molecule has 1 fully saturated rings. The largest absolute Gasteiger partial charge is 0.379 e. The predicted octanol–water partition coefficient (Wildman–Crippen LogP) is 2.84. The van der Waals surface area contributed by atoms with E-state index in [2.05, 4.69) is 15.2 Å². The van der Waals surface area contributed by atoms with Crippen LogP contribution in [0.5, 0.6) is 0 Å². The summed E-state index contributed by atoms with van der Waals surface area (Å²) in [6.07, 6.45) is 4.46. The third kappa shape index (κ3) is 5.82. The molecule has 2 heterocycles. The highest BCUT2D eigenvalue weighted by atomic mass is 16.5. The average Bonchev–Trinajstić information content (AvgIpc) is 2.69. The maximum atomic E-state index is 12.8. The number of anilines is 1. The van der Waals surface area contributed by atoms with E-state index < -0.39 is 0 Å². The number of nitrogens with one attached hydrogen (secondary N) is 1. The van der Waals surface area contributed by atoms with Crippen molar-refractivity contribution in [3.63, 3.8) is 0 Å². The summed E-state index contributed by atoms with van der Waals surface area (Å²) in [6, 6.07) is 13.4. The van der Waals surface area contributed by atoms with Crippen LogP contribution in [0.1, 0.15) is 12.0 Å². The Hall–Kier alpha value is -2.44. The second-order valence-corrected chi connectivity index (χ2v) is 6.38. The van der Waals surface area contributed by atoms with Crippen LogP contribution in [0.2, 0.25) is 0 Å². The highest BCUT2D eigenvalue weighted by Gasteiger charge is 2.16. The molecular weight excluding hydrogens is 328 g/mol. The molecule has 1 aliphatic rings. The van der Waals surface area contributed by atoms with Crippen LogP contribution in [0, 0.1) is 0 Å².